The summed E-state index contributed by atoms with van der Waals surface area (Å²) in [5, 5.41) is 13.4. The van der Waals surface area contributed by atoms with Crippen molar-refractivity contribution in [3.63, 3.8) is 0 Å². The Morgan fingerprint density at radius 2 is 2.13 bits per heavy atom. The second-order valence-electron chi connectivity index (χ2n) is 7.15. The van der Waals surface area contributed by atoms with Crippen LogP contribution in [0.3, 0.4) is 0 Å². The van der Waals surface area contributed by atoms with Crippen LogP contribution in [0.5, 0.6) is 0 Å². The Morgan fingerprint density at radius 1 is 1.39 bits per heavy atom. The molecule has 0 radical (unpaired) electrons. The zero-order valence-electron chi connectivity index (χ0n) is 15.0. The lowest BCUT2D eigenvalue weighted by molar-refractivity contribution is -0.114. The maximum Gasteiger partial charge on any atom is 0.194 e. The molecule has 2 unspecified atom stereocenters. The van der Waals surface area contributed by atoms with Gasteiger partial charge in [0, 0.05) is 37.7 Å². The van der Waals surface area contributed by atoms with Crippen LogP contribution >= 0.6 is 24.0 Å². The molecule has 2 fully saturated rings. The first-order valence-corrected chi connectivity index (χ1v) is 8.84. The third kappa shape index (κ3) is 5.19. The molecule has 1 heterocycles. The molecule has 0 amide bonds. The molecule has 5 nitrogen and oxygen atoms in total. The number of ether oxygens (including phenoxy) is 1. The zero-order valence-corrected chi connectivity index (χ0v) is 17.4. The molecule has 1 aliphatic carbocycles. The van der Waals surface area contributed by atoms with Crippen LogP contribution < -0.4 is 5.32 Å². The van der Waals surface area contributed by atoms with Gasteiger partial charge in [0.2, 0.25) is 0 Å². The Morgan fingerprint density at radius 3 is 2.65 bits per heavy atom. The maximum atomic E-state index is 9.74. The lowest BCUT2D eigenvalue weighted by atomic mass is 9.64. The second kappa shape index (κ2) is 9.42. The summed E-state index contributed by atoms with van der Waals surface area (Å²) < 4.78 is 6.01. The first-order valence-electron chi connectivity index (χ1n) is 8.84. The van der Waals surface area contributed by atoms with Crippen molar-refractivity contribution >= 4 is 29.9 Å². The summed E-state index contributed by atoms with van der Waals surface area (Å²) >= 11 is 0. The Kier molecular flexibility index (Phi) is 8.58. The van der Waals surface area contributed by atoms with E-state index in [0.717, 1.165) is 44.9 Å². The van der Waals surface area contributed by atoms with E-state index in [2.05, 4.69) is 42.9 Å². The molecule has 6 heteroatoms. The van der Waals surface area contributed by atoms with Gasteiger partial charge in [-0.3, -0.25) is 4.99 Å². The number of β-amino-alcohol motifs (C(OH)–C–C–N with tert-alkyl or cyclic N) is 1. The standard InChI is InChI=1S/C17H33N3O2.HI/c1-5-7-10-22-15-11-14(17(15,3)4)19-16(18-6-2)20-9-8-13(21)12-20;/h13-15,21H,5-12H2,1-4H3,(H,18,19);1H/t13-,14?,15?;/m1./s1. The summed E-state index contributed by atoms with van der Waals surface area (Å²) in [4.78, 5) is 6.78. The molecule has 3 atom stereocenters. The Bertz CT molecular complexity index is 390. The third-order valence-electron chi connectivity index (χ3n) is 5.07. The summed E-state index contributed by atoms with van der Waals surface area (Å²) in [5.74, 6) is 0.948. The summed E-state index contributed by atoms with van der Waals surface area (Å²) in [5.41, 5.74) is 0.126. The number of likely N-dealkylation sites (tertiary alicyclic amines) is 1. The fourth-order valence-electron chi connectivity index (χ4n) is 3.26. The largest absolute Gasteiger partial charge is 0.391 e. The topological polar surface area (TPSA) is 57.1 Å². The van der Waals surface area contributed by atoms with Crippen LogP contribution in [0.4, 0.5) is 0 Å². The quantitative estimate of drug-likeness (QED) is 0.289. The van der Waals surface area contributed by atoms with Crippen LogP contribution in [0.15, 0.2) is 4.99 Å². The van der Waals surface area contributed by atoms with Gasteiger partial charge in [-0.1, -0.05) is 27.2 Å². The molecule has 1 saturated carbocycles. The van der Waals surface area contributed by atoms with E-state index >= 15 is 0 Å². The van der Waals surface area contributed by atoms with Gasteiger partial charge in [-0.2, -0.15) is 0 Å². The van der Waals surface area contributed by atoms with Crippen LogP contribution in [-0.2, 0) is 4.74 Å². The van der Waals surface area contributed by atoms with E-state index in [1.807, 2.05) is 0 Å². The lowest BCUT2D eigenvalue weighted by Gasteiger charge is -2.52. The molecule has 0 aromatic rings. The summed E-state index contributed by atoms with van der Waals surface area (Å²) in [6.45, 7) is 12.0. The normalized spacial score (nSPS) is 29.9. The van der Waals surface area contributed by atoms with E-state index < -0.39 is 0 Å². The Hall–Kier alpha value is -0.0800. The molecule has 23 heavy (non-hydrogen) atoms. The van der Waals surface area contributed by atoms with Gasteiger partial charge in [0.1, 0.15) is 0 Å². The molecule has 0 spiro atoms. The van der Waals surface area contributed by atoms with Crippen LogP contribution in [0.1, 0.15) is 53.4 Å². The summed E-state index contributed by atoms with van der Waals surface area (Å²) in [7, 11) is 0. The molecular weight excluding hydrogens is 405 g/mol. The number of nitrogens with zero attached hydrogens (tertiary/aromatic N) is 2. The van der Waals surface area contributed by atoms with E-state index in [1.165, 1.54) is 6.42 Å². The molecule has 136 valence electrons. The van der Waals surface area contributed by atoms with Crippen molar-refractivity contribution < 1.29 is 9.84 Å². The minimum atomic E-state index is -0.219. The molecule has 2 N–H and O–H groups in total. The van der Waals surface area contributed by atoms with Crippen molar-refractivity contribution in [3.8, 4) is 0 Å². The molecule has 1 saturated heterocycles. The molecular formula is C17H34IN3O2. The predicted octanol–water partition coefficient (Wildman–Crippen LogP) is 2.62. The highest BCUT2D eigenvalue weighted by Gasteiger charge is 2.49. The Balaban J connectivity index is 0.00000264. The number of unbranched alkanes of at least 4 members (excludes halogenated alkanes) is 1. The average molecular weight is 439 g/mol. The first kappa shape index (κ1) is 21.0. The average Bonchev–Trinajstić information content (AvgIpc) is 2.91. The number of aliphatic imine (C=N–C) groups is 1. The number of rotatable bonds is 6. The molecule has 2 aliphatic rings. The van der Waals surface area contributed by atoms with Gasteiger partial charge in [-0.05, 0) is 26.2 Å². The third-order valence-corrected chi connectivity index (χ3v) is 5.07. The number of nitrogens with one attached hydrogen (secondary N) is 1. The van der Waals surface area contributed by atoms with Crippen molar-refractivity contribution in [2.45, 2.75) is 71.6 Å². The number of hydrogen-bond donors (Lipinski definition) is 2. The fourth-order valence-corrected chi connectivity index (χ4v) is 3.26. The summed E-state index contributed by atoms with van der Waals surface area (Å²) in [6.07, 6.45) is 4.31. The van der Waals surface area contributed by atoms with Crippen LogP contribution in [0.2, 0.25) is 0 Å². The smallest absolute Gasteiger partial charge is 0.194 e. The van der Waals surface area contributed by atoms with Crippen molar-refractivity contribution in [1.82, 2.24) is 10.2 Å². The highest BCUT2D eigenvalue weighted by atomic mass is 127. The van der Waals surface area contributed by atoms with Gasteiger partial charge in [0.25, 0.3) is 0 Å². The van der Waals surface area contributed by atoms with E-state index in [9.17, 15) is 5.11 Å². The SMILES string of the molecule is CCCCOC1CC(NC(=NCC)N2CC[C@@H](O)C2)C1(C)C.I. The second-order valence-corrected chi connectivity index (χ2v) is 7.15. The van der Waals surface area contributed by atoms with Gasteiger partial charge in [0.05, 0.1) is 12.2 Å². The molecule has 0 aromatic heterocycles. The van der Waals surface area contributed by atoms with Crippen LogP contribution in [0.25, 0.3) is 0 Å². The molecule has 2 rings (SSSR count). The van der Waals surface area contributed by atoms with Crippen molar-refractivity contribution in [2.24, 2.45) is 10.4 Å². The lowest BCUT2D eigenvalue weighted by Crippen LogP contribution is -2.63. The van der Waals surface area contributed by atoms with Crippen molar-refractivity contribution in [2.75, 3.05) is 26.2 Å². The highest BCUT2D eigenvalue weighted by molar-refractivity contribution is 14.0. The molecule has 0 bridgehead atoms. The molecule has 1 aliphatic heterocycles. The van der Waals surface area contributed by atoms with E-state index in [4.69, 9.17) is 4.74 Å². The van der Waals surface area contributed by atoms with Gasteiger partial charge in [0.15, 0.2) is 5.96 Å². The van der Waals surface area contributed by atoms with Gasteiger partial charge >= 0.3 is 0 Å². The van der Waals surface area contributed by atoms with Gasteiger partial charge in [-0.15, -0.1) is 24.0 Å². The predicted molar refractivity (Wildman–Crippen MR) is 106 cm³/mol. The zero-order chi connectivity index (χ0) is 16.2. The van der Waals surface area contributed by atoms with Gasteiger partial charge in [-0.25, -0.2) is 0 Å². The minimum absolute atomic E-state index is 0. The number of aliphatic hydroxyl groups excluding tert-OH is 1. The maximum absolute atomic E-state index is 9.74. The van der Waals surface area contributed by atoms with Gasteiger partial charge < -0.3 is 20.1 Å². The van der Waals surface area contributed by atoms with E-state index in [-0.39, 0.29) is 35.5 Å². The van der Waals surface area contributed by atoms with Crippen LogP contribution in [-0.4, -0.2) is 60.5 Å². The van der Waals surface area contributed by atoms with E-state index in [0.29, 0.717) is 18.7 Å². The number of halogens is 1. The number of guanidine groups is 1. The number of aliphatic hydroxyl groups is 1. The van der Waals surface area contributed by atoms with Crippen molar-refractivity contribution in [3.05, 3.63) is 0 Å². The highest BCUT2D eigenvalue weighted by Crippen LogP contribution is 2.43. The first-order chi connectivity index (χ1) is 10.5. The molecule has 0 aromatic carbocycles. The monoisotopic (exact) mass is 439 g/mol. The minimum Gasteiger partial charge on any atom is -0.391 e. The van der Waals surface area contributed by atoms with E-state index in [1.54, 1.807) is 0 Å². The fraction of sp³-hybridized carbons (Fsp3) is 0.941. The number of hydrogen-bond acceptors (Lipinski definition) is 3. The van der Waals surface area contributed by atoms with Crippen LogP contribution in [0, 0.1) is 5.41 Å². The Labute approximate surface area is 158 Å². The van der Waals surface area contributed by atoms with Crippen molar-refractivity contribution in [1.29, 1.82) is 0 Å². The summed E-state index contributed by atoms with van der Waals surface area (Å²) in [6, 6.07) is 0.391.